The van der Waals surface area contributed by atoms with E-state index in [1.807, 2.05) is 36.1 Å². The van der Waals surface area contributed by atoms with Crippen molar-refractivity contribution in [1.82, 2.24) is 25.1 Å². The Hall–Kier alpha value is -3.00. The van der Waals surface area contributed by atoms with E-state index in [-0.39, 0.29) is 11.9 Å². The number of carbonyl (C=O) groups is 1. The molecule has 3 aromatic heterocycles. The molecule has 0 aliphatic carbocycles. The maximum absolute atomic E-state index is 12.5. The van der Waals surface area contributed by atoms with Crippen molar-refractivity contribution in [2.45, 2.75) is 53.1 Å². The number of aryl methyl sites for hydroxylation is 2. The van der Waals surface area contributed by atoms with Crippen molar-refractivity contribution < 1.29 is 9.53 Å². The van der Waals surface area contributed by atoms with Crippen molar-refractivity contribution in [3.05, 3.63) is 46.9 Å². The quantitative estimate of drug-likeness (QED) is 0.613. The zero-order chi connectivity index (χ0) is 22.7. The van der Waals surface area contributed by atoms with Crippen molar-refractivity contribution in [2.75, 3.05) is 31.2 Å². The number of rotatable bonds is 7. The highest BCUT2D eigenvalue weighted by Gasteiger charge is 2.16. The number of carbonyl (C=O) groups excluding carboxylic acids is 1. The van der Waals surface area contributed by atoms with Crippen LogP contribution in [-0.4, -0.2) is 52.0 Å². The Balaban J connectivity index is 1.33. The maximum Gasteiger partial charge on any atom is 0.220 e. The van der Waals surface area contributed by atoms with Crippen LogP contribution in [0.5, 0.6) is 0 Å². The van der Waals surface area contributed by atoms with Crippen LogP contribution in [0.3, 0.4) is 0 Å². The fourth-order valence-electron chi connectivity index (χ4n) is 4.17. The first kappa shape index (κ1) is 22.2. The highest BCUT2D eigenvalue weighted by atomic mass is 16.5. The molecule has 1 N–H and O–H groups in total. The Morgan fingerprint density at radius 1 is 1.19 bits per heavy atom. The molecular weight excluding hydrogens is 404 g/mol. The lowest BCUT2D eigenvalue weighted by atomic mass is 10.0. The lowest BCUT2D eigenvalue weighted by molar-refractivity contribution is -0.121. The largest absolute Gasteiger partial charge is 0.378 e. The van der Waals surface area contributed by atoms with E-state index in [9.17, 15) is 4.79 Å². The first-order valence-corrected chi connectivity index (χ1v) is 11.3. The minimum atomic E-state index is 0.0269. The number of anilines is 1. The molecule has 0 unspecified atom stereocenters. The Bertz CT molecular complexity index is 1080. The van der Waals surface area contributed by atoms with E-state index in [0.717, 1.165) is 65.5 Å². The molecule has 4 rings (SSSR count). The number of nitrogens with zero attached hydrogens (tertiary/aromatic N) is 5. The SMILES string of the molecule is Cc1nc2c(cnn2C(C)C)c(C)c1CCC(=O)NCc1ccc(N2CCOCC2)nc1. The van der Waals surface area contributed by atoms with Crippen molar-refractivity contribution in [2.24, 2.45) is 0 Å². The first-order chi connectivity index (χ1) is 15.4. The zero-order valence-electron chi connectivity index (χ0n) is 19.4. The Morgan fingerprint density at radius 2 is 1.97 bits per heavy atom. The molecule has 1 aliphatic rings. The zero-order valence-corrected chi connectivity index (χ0v) is 19.4. The van der Waals surface area contributed by atoms with Gasteiger partial charge in [-0.15, -0.1) is 0 Å². The third-order valence-corrected chi connectivity index (χ3v) is 6.06. The molecule has 3 aromatic rings. The lowest BCUT2D eigenvalue weighted by Crippen LogP contribution is -2.36. The molecule has 4 heterocycles. The number of nitrogens with one attached hydrogen (secondary N) is 1. The van der Waals surface area contributed by atoms with E-state index in [0.29, 0.717) is 19.4 Å². The van der Waals surface area contributed by atoms with Gasteiger partial charge in [0.05, 0.1) is 19.4 Å². The number of hydrogen-bond acceptors (Lipinski definition) is 6. The second-order valence-electron chi connectivity index (χ2n) is 8.62. The molecule has 8 heteroatoms. The van der Waals surface area contributed by atoms with E-state index in [4.69, 9.17) is 9.72 Å². The van der Waals surface area contributed by atoms with Crippen molar-refractivity contribution in [3.8, 4) is 0 Å². The first-order valence-electron chi connectivity index (χ1n) is 11.3. The summed E-state index contributed by atoms with van der Waals surface area (Å²) in [5, 5.41) is 8.57. The standard InChI is InChI=1S/C24H32N6O2/c1-16(2)30-24-21(15-27-30)17(3)20(18(4)28-24)6-8-23(31)26-14-19-5-7-22(25-13-19)29-9-11-32-12-10-29/h5,7,13,15-16H,6,8-12,14H2,1-4H3,(H,26,31). The van der Waals surface area contributed by atoms with Crippen LogP contribution in [0, 0.1) is 13.8 Å². The van der Waals surface area contributed by atoms with Crippen LogP contribution in [0.15, 0.2) is 24.5 Å². The van der Waals surface area contributed by atoms with E-state index in [1.54, 1.807) is 0 Å². The number of pyridine rings is 2. The molecule has 0 atom stereocenters. The van der Waals surface area contributed by atoms with Gasteiger partial charge >= 0.3 is 0 Å². The summed E-state index contributed by atoms with van der Waals surface area (Å²) in [5.41, 5.74) is 5.17. The van der Waals surface area contributed by atoms with Gasteiger partial charge in [0.15, 0.2) is 5.65 Å². The number of fused-ring (bicyclic) bond motifs is 1. The van der Waals surface area contributed by atoms with Crippen LogP contribution in [-0.2, 0) is 22.5 Å². The van der Waals surface area contributed by atoms with Gasteiger partial charge in [0, 0.05) is 49.4 Å². The van der Waals surface area contributed by atoms with Gasteiger partial charge < -0.3 is 15.0 Å². The molecule has 1 saturated heterocycles. The van der Waals surface area contributed by atoms with Gasteiger partial charge in [0.1, 0.15) is 5.82 Å². The second-order valence-corrected chi connectivity index (χ2v) is 8.62. The molecule has 1 amide bonds. The topological polar surface area (TPSA) is 85.2 Å². The lowest BCUT2D eigenvalue weighted by Gasteiger charge is -2.27. The molecule has 0 bridgehead atoms. The molecule has 0 radical (unpaired) electrons. The van der Waals surface area contributed by atoms with E-state index in [2.05, 4.69) is 41.1 Å². The summed E-state index contributed by atoms with van der Waals surface area (Å²) in [6, 6.07) is 4.29. The minimum absolute atomic E-state index is 0.0269. The number of ether oxygens (including phenoxy) is 1. The third-order valence-electron chi connectivity index (χ3n) is 6.06. The minimum Gasteiger partial charge on any atom is -0.378 e. The molecule has 0 saturated carbocycles. The normalized spacial score (nSPS) is 14.3. The van der Waals surface area contributed by atoms with E-state index < -0.39 is 0 Å². The van der Waals surface area contributed by atoms with Crippen molar-refractivity contribution >= 4 is 22.8 Å². The summed E-state index contributed by atoms with van der Waals surface area (Å²) >= 11 is 0. The van der Waals surface area contributed by atoms with Gasteiger partial charge in [-0.3, -0.25) is 4.79 Å². The Morgan fingerprint density at radius 3 is 2.66 bits per heavy atom. The van der Waals surface area contributed by atoms with Crippen LogP contribution < -0.4 is 10.2 Å². The van der Waals surface area contributed by atoms with Gasteiger partial charge in [0.2, 0.25) is 5.91 Å². The van der Waals surface area contributed by atoms with Crippen LogP contribution >= 0.6 is 0 Å². The van der Waals surface area contributed by atoms with Crippen molar-refractivity contribution in [3.63, 3.8) is 0 Å². The summed E-state index contributed by atoms with van der Waals surface area (Å²) < 4.78 is 7.33. The number of hydrogen-bond donors (Lipinski definition) is 1. The van der Waals surface area contributed by atoms with Crippen LogP contribution in [0.1, 0.15) is 48.7 Å². The molecule has 1 fully saturated rings. The molecule has 0 aromatic carbocycles. The predicted octanol–water partition coefficient (Wildman–Crippen LogP) is 3.11. The molecule has 8 nitrogen and oxygen atoms in total. The third kappa shape index (κ3) is 4.75. The summed E-state index contributed by atoms with van der Waals surface area (Å²) in [5.74, 6) is 0.983. The van der Waals surface area contributed by atoms with Gasteiger partial charge in [0.25, 0.3) is 0 Å². The summed E-state index contributed by atoms with van der Waals surface area (Å²) in [4.78, 5) is 24.0. The van der Waals surface area contributed by atoms with Crippen LogP contribution in [0.25, 0.3) is 11.0 Å². The fraction of sp³-hybridized carbons (Fsp3) is 0.500. The highest BCUT2D eigenvalue weighted by Crippen LogP contribution is 2.25. The van der Waals surface area contributed by atoms with Gasteiger partial charge in [-0.25, -0.2) is 14.6 Å². The predicted molar refractivity (Wildman–Crippen MR) is 125 cm³/mol. The molecule has 1 aliphatic heterocycles. The number of aromatic nitrogens is 4. The summed E-state index contributed by atoms with van der Waals surface area (Å²) in [6.07, 6.45) is 4.80. The monoisotopic (exact) mass is 436 g/mol. The van der Waals surface area contributed by atoms with Gasteiger partial charge in [-0.2, -0.15) is 5.10 Å². The number of morpholine rings is 1. The van der Waals surface area contributed by atoms with Crippen molar-refractivity contribution in [1.29, 1.82) is 0 Å². The Kier molecular flexibility index (Phi) is 6.69. The van der Waals surface area contributed by atoms with E-state index in [1.165, 1.54) is 0 Å². The fourth-order valence-corrected chi connectivity index (χ4v) is 4.17. The van der Waals surface area contributed by atoms with Gasteiger partial charge in [-0.1, -0.05) is 6.07 Å². The highest BCUT2D eigenvalue weighted by molar-refractivity contribution is 5.81. The van der Waals surface area contributed by atoms with Gasteiger partial charge in [-0.05, 0) is 56.9 Å². The Labute approximate surface area is 189 Å². The summed E-state index contributed by atoms with van der Waals surface area (Å²) in [6.45, 7) is 12.0. The average molecular weight is 437 g/mol. The van der Waals surface area contributed by atoms with Crippen LogP contribution in [0.4, 0.5) is 5.82 Å². The molecular formula is C24H32N6O2. The van der Waals surface area contributed by atoms with E-state index >= 15 is 0 Å². The molecule has 170 valence electrons. The smallest absolute Gasteiger partial charge is 0.220 e. The number of amides is 1. The average Bonchev–Trinajstić information content (AvgIpc) is 3.23. The molecule has 32 heavy (non-hydrogen) atoms. The second kappa shape index (κ2) is 9.65. The maximum atomic E-state index is 12.5. The van der Waals surface area contributed by atoms with Crippen LogP contribution in [0.2, 0.25) is 0 Å². The summed E-state index contributed by atoms with van der Waals surface area (Å²) in [7, 11) is 0. The molecule has 0 spiro atoms.